The lowest BCUT2D eigenvalue weighted by Gasteiger charge is -2.06. The molecular formula is C18H19ClOS. The van der Waals surface area contributed by atoms with Crippen molar-refractivity contribution in [1.29, 1.82) is 0 Å². The largest absolute Gasteiger partial charge is 0.294 e. The van der Waals surface area contributed by atoms with Gasteiger partial charge in [0.05, 0.1) is 0 Å². The number of ketones is 1. The monoisotopic (exact) mass is 318 g/mol. The third-order valence-electron chi connectivity index (χ3n) is 3.12. The molecule has 2 rings (SSSR count). The van der Waals surface area contributed by atoms with Crippen molar-refractivity contribution in [3.8, 4) is 0 Å². The first-order valence-corrected chi connectivity index (χ1v) is 8.42. The molecule has 3 heteroatoms. The topological polar surface area (TPSA) is 17.1 Å². The Hall–Kier alpha value is -1.25. The molecule has 0 amide bonds. The van der Waals surface area contributed by atoms with Crippen LogP contribution in [0.1, 0.15) is 36.2 Å². The Kier molecular flexibility index (Phi) is 5.89. The average Bonchev–Trinajstić information content (AvgIpc) is 2.46. The van der Waals surface area contributed by atoms with Crippen molar-refractivity contribution in [2.75, 3.05) is 0 Å². The molecule has 0 spiro atoms. The number of thioether (sulfide) groups is 1. The van der Waals surface area contributed by atoms with Crippen molar-refractivity contribution < 1.29 is 4.79 Å². The van der Waals surface area contributed by atoms with Crippen LogP contribution in [0.15, 0.2) is 53.4 Å². The average molecular weight is 319 g/mol. The Morgan fingerprint density at radius 3 is 2.38 bits per heavy atom. The summed E-state index contributed by atoms with van der Waals surface area (Å²) < 4.78 is 0. The quantitative estimate of drug-likeness (QED) is 0.490. The summed E-state index contributed by atoms with van der Waals surface area (Å²) in [7, 11) is 0. The van der Waals surface area contributed by atoms with Gasteiger partial charge in [-0.05, 0) is 29.7 Å². The molecule has 0 aliphatic heterocycles. The Balaban J connectivity index is 1.97. The zero-order valence-corrected chi connectivity index (χ0v) is 13.9. The molecule has 0 fully saturated rings. The molecule has 2 aromatic rings. The van der Waals surface area contributed by atoms with Crippen LogP contribution in [0.3, 0.4) is 0 Å². The molecule has 0 heterocycles. The Bertz CT molecular complexity index is 605. The molecule has 0 aliphatic carbocycles. The molecule has 0 radical (unpaired) electrons. The molecule has 0 unspecified atom stereocenters. The summed E-state index contributed by atoms with van der Waals surface area (Å²) in [5.41, 5.74) is 1.93. The number of rotatable bonds is 6. The molecule has 1 nitrogen and oxygen atoms in total. The van der Waals surface area contributed by atoms with Gasteiger partial charge >= 0.3 is 0 Å². The van der Waals surface area contributed by atoms with Gasteiger partial charge in [-0.15, -0.1) is 11.8 Å². The molecule has 0 saturated carbocycles. The van der Waals surface area contributed by atoms with Gasteiger partial charge in [0.25, 0.3) is 0 Å². The second-order valence-electron chi connectivity index (χ2n) is 5.43. The Morgan fingerprint density at radius 2 is 1.76 bits per heavy atom. The fraction of sp³-hybridized carbons (Fsp3) is 0.278. The number of hydrogen-bond donors (Lipinski definition) is 0. The third kappa shape index (κ3) is 4.90. The predicted octanol–water partition coefficient (Wildman–Crippen LogP) is 5.86. The lowest BCUT2D eigenvalue weighted by Crippen LogP contribution is -2.03. The first-order valence-electron chi connectivity index (χ1n) is 7.05. The number of Topliss-reactive ketones (excluding diaryl/α,β-unsaturated/α-hetero) is 1. The highest BCUT2D eigenvalue weighted by Crippen LogP contribution is 2.27. The van der Waals surface area contributed by atoms with Crippen LogP contribution in [0.2, 0.25) is 5.02 Å². The van der Waals surface area contributed by atoms with Crippen molar-refractivity contribution in [3.05, 3.63) is 64.7 Å². The van der Waals surface area contributed by atoms with Gasteiger partial charge in [-0.2, -0.15) is 0 Å². The van der Waals surface area contributed by atoms with Crippen LogP contribution in [-0.2, 0) is 5.75 Å². The van der Waals surface area contributed by atoms with Crippen molar-refractivity contribution in [2.45, 2.75) is 30.9 Å². The number of carbonyl (C=O) groups is 1. The van der Waals surface area contributed by atoms with E-state index in [1.165, 1.54) is 0 Å². The SMILES string of the molecule is CC(C)CC(=O)c1ccc(SCc2ccccc2Cl)cc1. The number of hydrogen-bond acceptors (Lipinski definition) is 2. The Morgan fingerprint density at radius 1 is 1.10 bits per heavy atom. The van der Waals surface area contributed by atoms with Crippen molar-refractivity contribution in [2.24, 2.45) is 5.92 Å². The van der Waals surface area contributed by atoms with Gasteiger partial charge in [-0.3, -0.25) is 4.79 Å². The smallest absolute Gasteiger partial charge is 0.163 e. The standard InChI is InChI=1S/C18H19ClOS/c1-13(2)11-18(20)14-7-9-16(10-8-14)21-12-15-5-3-4-6-17(15)19/h3-10,13H,11-12H2,1-2H3. The molecular weight excluding hydrogens is 300 g/mol. The van der Waals surface area contributed by atoms with E-state index in [1.54, 1.807) is 11.8 Å². The maximum absolute atomic E-state index is 12.0. The van der Waals surface area contributed by atoms with Crippen LogP contribution in [0.5, 0.6) is 0 Å². The van der Waals surface area contributed by atoms with E-state index in [0.29, 0.717) is 12.3 Å². The second kappa shape index (κ2) is 7.67. The first kappa shape index (κ1) is 16.1. The van der Waals surface area contributed by atoms with Gasteiger partial charge in [0.1, 0.15) is 0 Å². The summed E-state index contributed by atoms with van der Waals surface area (Å²) in [6, 6.07) is 15.7. The summed E-state index contributed by atoms with van der Waals surface area (Å²) in [6.45, 7) is 4.12. The molecule has 0 N–H and O–H groups in total. The fourth-order valence-electron chi connectivity index (χ4n) is 2.00. The fourth-order valence-corrected chi connectivity index (χ4v) is 3.19. The molecule has 0 atom stereocenters. The van der Waals surface area contributed by atoms with Gasteiger partial charge in [0, 0.05) is 27.7 Å². The van der Waals surface area contributed by atoms with Crippen LogP contribution < -0.4 is 0 Å². The van der Waals surface area contributed by atoms with Crippen molar-refractivity contribution >= 4 is 29.1 Å². The maximum atomic E-state index is 12.0. The van der Waals surface area contributed by atoms with E-state index in [-0.39, 0.29) is 5.78 Å². The van der Waals surface area contributed by atoms with E-state index < -0.39 is 0 Å². The van der Waals surface area contributed by atoms with Crippen molar-refractivity contribution in [3.63, 3.8) is 0 Å². The van der Waals surface area contributed by atoms with Crippen LogP contribution in [-0.4, -0.2) is 5.78 Å². The van der Waals surface area contributed by atoms with E-state index >= 15 is 0 Å². The van der Waals surface area contributed by atoms with E-state index in [2.05, 4.69) is 13.8 Å². The minimum atomic E-state index is 0.215. The molecule has 0 aliphatic rings. The van der Waals surface area contributed by atoms with Crippen LogP contribution in [0.4, 0.5) is 0 Å². The molecule has 21 heavy (non-hydrogen) atoms. The summed E-state index contributed by atoms with van der Waals surface area (Å²) in [5, 5.41) is 0.800. The maximum Gasteiger partial charge on any atom is 0.163 e. The summed E-state index contributed by atoms with van der Waals surface area (Å²) in [5.74, 6) is 1.44. The third-order valence-corrected chi connectivity index (χ3v) is 4.55. The van der Waals surface area contributed by atoms with Gasteiger partial charge in [0.2, 0.25) is 0 Å². The summed E-state index contributed by atoms with van der Waals surface area (Å²) >= 11 is 7.87. The number of benzene rings is 2. The van der Waals surface area contributed by atoms with Crippen LogP contribution >= 0.6 is 23.4 Å². The minimum absolute atomic E-state index is 0.215. The first-order chi connectivity index (χ1) is 10.1. The highest BCUT2D eigenvalue weighted by molar-refractivity contribution is 7.98. The lowest BCUT2D eigenvalue weighted by molar-refractivity contribution is 0.0968. The highest BCUT2D eigenvalue weighted by Gasteiger charge is 2.08. The summed E-state index contributed by atoms with van der Waals surface area (Å²) in [4.78, 5) is 13.1. The lowest BCUT2D eigenvalue weighted by atomic mass is 10.0. The van der Waals surface area contributed by atoms with Gasteiger partial charge < -0.3 is 0 Å². The molecule has 110 valence electrons. The number of carbonyl (C=O) groups excluding carboxylic acids is 1. The van der Waals surface area contributed by atoms with E-state index in [0.717, 1.165) is 26.8 Å². The van der Waals surface area contributed by atoms with Crippen LogP contribution in [0.25, 0.3) is 0 Å². The number of halogens is 1. The normalized spacial score (nSPS) is 10.9. The predicted molar refractivity (Wildman–Crippen MR) is 91.2 cm³/mol. The summed E-state index contributed by atoms with van der Waals surface area (Å²) in [6.07, 6.45) is 0.603. The van der Waals surface area contributed by atoms with E-state index in [1.807, 2.05) is 48.5 Å². The molecule has 0 bridgehead atoms. The van der Waals surface area contributed by atoms with Crippen LogP contribution in [0, 0.1) is 5.92 Å². The minimum Gasteiger partial charge on any atom is -0.294 e. The Labute approximate surface area is 135 Å². The van der Waals surface area contributed by atoms with Gasteiger partial charge in [-0.25, -0.2) is 0 Å². The van der Waals surface area contributed by atoms with E-state index in [4.69, 9.17) is 11.6 Å². The molecule has 2 aromatic carbocycles. The zero-order chi connectivity index (χ0) is 15.2. The van der Waals surface area contributed by atoms with Gasteiger partial charge in [0.15, 0.2) is 5.78 Å². The van der Waals surface area contributed by atoms with E-state index in [9.17, 15) is 4.79 Å². The molecule has 0 aromatic heterocycles. The zero-order valence-electron chi connectivity index (χ0n) is 12.3. The molecule has 0 saturated heterocycles. The van der Waals surface area contributed by atoms with Crippen molar-refractivity contribution in [1.82, 2.24) is 0 Å². The second-order valence-corrected chi connectivity index (χ2v) is 6.88. The highest BCUT2D eigenvalue weighted by atomic mass is 35.5. The van der Waals surface area contributed by atoms with Gasteiger partial charge in [-0.1, -0.05) is 55.8 Å².